The molecule has 166 valence electrons. The van der Waals surface area contributed by atoms with Crippen molar-refractivity contribution in [1.29, 1.82) is 0 Å². The minimum atomic E-state index is -3.91. The molecule has 0 heterocycles. The molecule has 0 spiro atoms. The first-order valence-electron chi connectivity index (χ1n) is 9.72. The van der Waals surface area contributed by atoms with Gasteiger partial charge >= 0.3 is 0 Å². The molecule has 0 radical (unpaired) electrons. The molecule has 3 aromatic carbocycles. The number of halogens is 1. The van der Waals surface area contributed by atoms with E-state index >= 15 is 0 Å². The van der Waals surface area contributed by atoms with Crippen LogP contribution < -0.4 is 15.8 Å². The molecule has 0 unspecified atom stereocenters. The van der Waals surface area contributed by atoms with Crippen LogP contribution in [-0.4, -0.2) is 26.8 Å². The highest BCUT2D eigenvalue weighted by atomic mass is 35.5. The molecule has 0 bridgehead atoms. The van der Waals surface area contributed by atoms with E-state index in [0.717, 1.165) is 11.1 Å². The zero-order valence-corrected chi connectivity index (χ0v) is 18.8. The molecule has 0 aliphatic heterocycles. The second-order valence-electron chi connectivity index (χ2n) is 7.19. The van der Waals surface area contributed by atoms with Crippen LogP contribution >= 0.6 is 11.6 Å². The minimum Gasteiger partial charge on any atom is -0.366 e. The number of anilines is 1. The first-order chi connectivity index (χ1) is 15.2. The van der Waals surface area contributed by atoms with Crippen molar-refractivity contribution in [3.63, 3.8) is 0 Å². The third-order valence-corrected chi connectivity index (χ3v) is 6.38. The average molecular weight is 472 g/mol. The van der Waals surface area contributed by atoms with Crippen molar-refractivity contribution in [1.82, 2.24) is 5.32 Å². The molecule has 2 amide bonds. The zero-order valence-electron chi connectivity index (χ0n) is 17.3. The highest BCUT2D eigenvalue weighted by molar-refractivity contribution is 7.92. The van der Waals surface area contributed by atoms with Gasteiger partial charge in [-0.2, -0.15) is 0 Å². The highest BCUT2D eigenvalue weighted by Crippen LogP contribution is 2.23. The van der Waals surface area contributed by atoms with E-state index in [1.54, 1.807) is 36.4 Å². The molecule has 0 atom stereocenters. The van der Waals surface area contributed by atoms with Crippen molar-refractivity contribution < 1.29 is 18.0 Å². The number of aryl methyl sites for hydroxylation is 1. The molecule has 0 fully saturated rings. The van der Waals surface area contributed by atoms with E-state index in [9.17, 15) is 18.0 Å². The SMILES string of the molecule is Cc1cccc(NS(=O)(=O)c2ccc(Cl)c(C(=O)NCCc3cccc(C(N)=O)c3)c2)c1. The monoisotopic (exact) mass is 471 g/mol. The number of primary amides is 1. The molecule has 7 nitrogen and oxygen atoms in total. The van der Waals surface area contributed by atoms with Crippen molar-refractivity contribution in [3.05, 3.63) is 94.0 Å². The van der Waals surface area contributed by atoms with Crippen LogP contribution in [0.4, 0.5) is 5.69 Å². The first-order valence-corrected chi connectivity index (χ1v) is 11.6. The number of rotatable bonds is 8. The Morgan fingerprint density at radius 2 is 1.75 bits per heavy atom. The summed E-state index contributed by atoms with van der Waals surface area (Å²) in [4.78, 5) is 23.8. The van der Waals surface area contributed by atoms with Crippen molar-refractivity contribution >= 4 is 39.1 Å². The molecule has 3 aromatic rings. The Balaban J connectivity index is 1.71. The van der Waals surface area contributed by atoms with E-state index in [1.165, 1.54) is 18.2 Å². The summed E-state index contributed by atoms with van der Waals surface area (Å²) in [6.07, 6.45) is 0.456. The molecular formula is C23H22ClN3O4S. The number of benzene rings is 3. The fraction of sp³-hybridized carbons (Fsp3) is 0.130. The fourth-order valence-electron chi connectivity index (χ4n) is 3.06. The number of sulfonamides is 1. The maximum Gasteiger partial charge on any atom is 0.261 e. The van der Waals surface area contributed by atoms with Gasteiger partial charge in [-0.1, -0.05) is 35.9 Å². The van der Waals surface area contributed by atoms with E-state index < -0.39 is 21.8 Å². The molecule has 0 saturated heterocycles. The quantitative estimate of drug-likeness (QED) is 0.465. The Kier molecular flexibility index (Phi) is 7.17. The van der Waals surface area contributed by atoms with E-state index in [2.05, 4.69) is 10.0 Å². The molecule has 4 N–H and O–H groups in total. The maximum atomic E-state index is 12.8. The van der Waals surface area contributed by atoms with Gasteiger partial charge in [-0.05, 0) is 66.9 Å². The first kappa shape index (κ1) is 23.3. The third kappa shape index (κ3) is 5.87. The van der Waals surface area contributed by atoms with E-state index in [0.29, 0.717) is 17.7 Å². The van der Waals surface area contributed by atoms with Gasteiger partial charge in [-0.15, -0.1) is 0 Å². The summed E-state index contributed by atoms with van der Waals surface area (Å²) in [5, 5.41) is 2.85. The van der Waals surface area contributed by atoms with Crippen LogP contribution in [0.1, 0.15) is 31.8 Å². The fourth-order valence-corrected chi connectivity index (χ4v) is 4.34. The number of amides is 2. The minimum absolute atomic E-state index is 0.0460. The Bertz CT molecular complexity index is 1280. The number of nitrogens with one attached hydrogen (secondary N) is 2. The summed E-state index contributed by atoms with van der Waals surface area (Å²) in [5.41, 5.74) is 7.86. The maximum absolute atomic E-state index is 12.8. The topological polar surface area (TPSA) is 118 Å². The van der Waals surface area contributed by atoms with Crippen LogP contribution in [0.5, 0.6) is 0 Å². The van der Waals surface area contributed by atoms with Crippen molar-refractivity contribution in [2.24, 2.45) is 5.73 Å². The van der Waals surface area contributed by atoms with Gasteiger partial charge in [0.05, 0.1) is 15.5 Å². The molecule has 32 heavy (non-hydrogen) atoms. The standard InChI is InChI=1S/C23H22ClN3O4S/c1-15-4-2-7-18(12-15)27-32(30,31)19-8-9-21(24)20(14-19)23(29)26-11-10-16-5-3-6-17(13-16)22(25)28/h2-9,12-14,27H,10-11H2,1H3,(H2,25,28)(H,26,29). The predicted molar refractivity (Wildman–Crippen MR) is 124 cm³/mol. The average Bonchev–Trinajstić information content (AvgIpc) is 2.73. The number of hydrogen-bond donors (Lipinski definition) is 3. The van der Waals surface area contributed by atoms with Gasteiger partial charge in [0, 0.05) is 17.8 Å². The van der Waals surface area contributed by atoms with Crippen LogP contribution in [0.2, 0.25) is 5.02 Å². The molecule has 0 aromatic heterocycles. The second kappa shape index (κ2) is 9.84. The number of hydrogen-bond acceptors (Lipinski definition) is 4. The zero-order chi connectivity index (χ0) is 23.3. The summed E-state index contributed by atoms with van der Waals surface area (Å²) in [6, 6.07) is 17.7. The number of carbonyl (C=O) groups is 2. The summed E-state index contributed by atoms with van der Waals surface area (Å²) in [7, 11) is -3.91. The molecule has 9 heteroatoms. The van der Waals surface area contributed by atoms with Gasteiger partial charge in [0.15, 0.2) is 0 Å². The summed E-state index contributed by atoms with van der Waals surface area (Å²) in [5.74, 6) is -1.03. The summed E-state index contributed by atoms with van der Waals surface area (Å²) >= 11 is 6.15. The van der Waals surface area contributed by atoms with Crippen LogP contribution in [0.15, 0.2) is 71.6 Å². The smallest absolute Gasteiger partial charge is 0.261 e. The highest BCUT2D eigenvalue weighted by Gasteiger charge is 2.19. The number of carbonyl (C=O) groups excluding carboxylic acids is 2. The van der Waals surface area contributed by atoms with Crippen LogP contribution in [0.25, 0.3) is 0 Å². The van der Waals surface area contributed by atoms with Gasteiger partial charge in [0.25, 0.3) is 15.9 Å². The van der Waals surface area contributed by atoms with E-state index in [4.69, 9.17) is 17.3 Å². The Morgan fingerprint density at radius 1 is 1.00 bits per heavy atom. The Labute approximate surface area is 191 Å². The summed E-state index contributed by atoms with van der Waals surface area (Å²) in [6.45, 7) is 2.11. The lowest BCUT2D eigenvalue weighted by Crippen LogP contribution is -2.26. The van der Waals surface area contributed by atoms with Gasteiger partial charge in [0.1, 0.15) is 0 Å². The van der Waals surface area contributed by atoms with Crippen molar-refractivity contribution in [3.8, 4) is 0 Å². The van der Waals surface area contributed by atoms with Crippen LogP contribution in [0, 0.1) is 6.92 Å². The van der Waals surface area contributed by atoms with E-state index in [-0.39, 0.29) is 22.0 Å². The largest absolute Gasteiger partial charge is 0.366 e. The Morgan fingerprint density at radius 3 is 2.47 bits per heavy atom. The van der Waals surface area contributed by atoms with Crippen LogP contribution in [-0.2, 0) is 16.4 Å². The lowest BCUT2D eigenvalue weighted by Gasteiger charge is -2.12. The number of nitrogens with two attached hydrogens (primary N) is 1. The molecule has 0 aliphatic carbocycles. The van der Waals surface area contributed by atoms with Crippen molar-refractivity contribution in [2.75, 3.05) is 11.3 Å². The second-order valence-corrected chi connectivity index (χ2v) is 9.28. The third-order valence-electron chi connectivity index (χ3n) is 4.67. The predicted octanol–water partition coefficient (Wildman–Crippen LogP) is 3.52. The Hall–Kier alpha value is -3.36. The molecule has 0 saturated carbocycles. The molecule has 0 aliphatic rings. The normalized spacial score (nSPS) is 11.1. The summed E-state index contributed by atoms with van der Waals surface area (Å²) < 4.78 is 28.0. The van der Waals surface area contributed by atoms with Gasteiger partial charge in [0.2, 0.25) is 5.91 Å². The van der Waals surface area contributed by atoms with E-state index in [1.807, 2.05) is 19.1 Å². The molecular weight excluding hydrogens is 450 g/mol. The molecule has 3 rings (SSSR count). The van der Waals surface area contributed by atoms with Crippen molar-refractivity contribution in [2.45, 2.75) is 18.2 Å². The van der Waals surface area contributed by atoms with Crippen LogP contribution in [0.3, 0.4) is 0 Å². The van der Waals surface area contributed by atoms with Gasteiger partial charge in [-0.3, -0.25) is 14.3 Å². The lowest BCUT2D eigenvalue weighted by atomic mass is 10.1. The lowest BCUT2D eigenvalue weighted by molar-refractivity contribution is 0.0952. The van der Waals surface area contributed by atoms with Gasteiger partial charge in [-0.25, -0.2) is 8.42 Å². The van der Waals surface area contributed by atoms with Gasteiger partial charge < -0.3 is 11.1 Å².